The highest BCUT2D eigenvalue weighted by molar-refractivity contribution is 4.85. The SMILES string of the molecule is CCCC1CCC(N)C(CN(C)CC2CC2)C1. The van der Waals surface area contributed by atoms with Gasteiger partial charge in [0.15, 0.2) is 0 Å². The average Bonchev–Trinajstić information content (AvgIpc) is 3.07. The molecule has 2 N–H and O–H groups in total. The van der Waals surface area contributed by atoms with Gasteiger partial charge in [0.2, 0.25) is 0 Å². The molecule has 2 rings (SSSR count). The number of rotatable bonds is 6. The Kier molecular flexibility index (Phi) is 4.87. The predicted octanol–water partition coefficient (Wildman–Crippen LogP) is 2.87. The Morgan fingerprint density at radius 2 is 1.76 bits per heavy atom. The van der Waals surface area contributed by atoms with Gasteiger partial charge in [0, 0.05) is 19.1 Å². The molecule has 0 aromatic carbocycles. The van der Waals surface area contributed by atoms with Crippen molar-refractivity contribution in [1.82, 2.24) is 4.90 Å². The van der Waals surface area contributed by atoms with Gasteiger partial charge in [0.25, 0.3) is 0 Å². The van der Waals surface area contributed by atoms with Crippen LogP contribution in [0.2, 0.25) is 0 Å². The van der Waals surface area contributed by atoms with Crippen LogP contribution in [0.1, 0.15) is 51.9 Å². The van der Waals surface area contributed by atoms with Crippen molar-refractivity contribution >= 4 is 0 Å². The van der Waals surface area contributed by atoms with E-state index in [2.05, 4.69) is 18.9 Å². The van der Waals surface area contributed by atoms with E-state index in [9.17, 15) is 0 Å². The van der Waals surface area contributed by atoms with Gasteiger partial charge in [0.05, 0.1) is 0 Å². The molecule has 0 aromatic rings. The summed E-state index contributed by atoms with van der Waals surface area (Å²) < 4.78 is 0. The van der Waals surface area contributed by atoms with Crippen LogP contribution in [0.4, 0.5) is 0 Å². The van der Waals surface area contributed by atoms with E-state index >= 15 is 0 Å². The fourth-order valence-electron chi connectivity index (χ4n) is 3.48. The fourth-order valence-corrected chi connectivity index (χ4v) is 3.48. The molecule has 2 aliphatic rings. The maximum absolute atomic E-state index is 6.31. The van der Waals surface area contributed by atoms with E-state index < -0.39 is 0 Å². The number of hydrogen-bond acceptors (Lipinski definition) is 2. The minimum atomic E-state index is 0.463. The molecule has 3 atom stereocenters. The second-order valence-corrected chi connectivity index (χ2v) is 6.56. The quantitative estimate of drug-likeness (QED) is 0.771. The van der Waals surface area contributed by atoms with Crippen LogP contribution in [0.15, 0.2) is 0 Å². The molecule has 0 amide bonds. The zero-order valence-electron chi connectivity index (χ0n) is 11.7. The predicted molar refractivity (Wildman–Crippen MR) is 73.9 cm³/mol. The van der Waals surface area contributed by atoms with Gasteiger partial charge in [-0.15, -0.1) is 0 Å². The standard InChI is InChI=1S/C15H30N2/c1-3-4-12-7-8-15(16)14(9-12)11-17(2)10-13-5-6-13/h12-15H,3-11,16H2,1-2H3. The smallest absolute Gasteiger partial charge is 0.00795 e. The van der Waals surface area contributed by atoms with Gasteiger partial charge < -0.3 is 10.6 Å². The molecular formula is C15H30N2. The Morgan fingerprint density at radius 3 is 2.41 bits per heavy atom. The zero-order chi connectivity index (χ0) is 12.3. The largest absolute Gasteiger partial charge is 0.327 e. The molecule has 100 valence electrons. The first-order valence-corrected chi connectivity index (χ1v) is 7.63. The number of nitrogens with two attached hydrogens (primary N) is 1. The topological polar surface area (TPSA) is 29.3 Å². The third kappa shape index (κ3) is 4.26. The minimum absolute atomic E-state index is 0.463. The van der Waals surface area contributed by atoms with Gasteiger partial charge >= 0.3 is 0 Å². The maximum Gasteiger partial charge on any atom is 0.00795 e. The Bertz CT molecular complexity index is 225. The van der Waals surface area contributed by atoms with Crippen LogP contribution in [0.5, 0.6) is 0 Å². The molecule has 2 saturated carbocycles. The van der Waals surface area contributed by atoms with E-state index in [-0.39, 0.29) is 0 Å². The van der Waals surface area contributed by atoms with Gasteiger partial charge in [-0.2, -0.15) is 0 Å². The van der Waals surface area contributed by atoms with Crippen LogP contribution < -0.4 is 5.73 Å². The highest BCUT2D eigenvalue weighted by Gasteiger charge is 2.30. The van der Waals surface area contributed by atoms with Crippen LogP contribution in [0.25, 0.3) is 0 Å². The van der Waals surface area contributed by atoms with Crippen molar-refractivity contribution in [3.63, 3.8) is 0 Å². The van der Waals surface area contributed by atoms with Crippen molar-refractivity contribution in [3.8, 4) is 0 Å². The molecule has 3 unspecified atom stereocenters. The van der Waals surface area contributed by atoms with Gasteiger partial charge in [0.1, 0.15) is 0 Å². The molecule has 17 heavy (non-hydrogen) atoms. The number of nitrogens with zero attached hydrogens (tertiary/aromatic N) is 1. The first kappa shape index (κ1) is 13.4. The Balaban J connectivity index is 1.75. The van der Waals surface area contributed by atoms with Crippen molar-refractivity contribution in [2.24, 2.45) is 23.5 Å². The lowest BCUT2D eigenvalue weighted by Crippen LogP contribution is -2.42. The molecule has 2 heteroatoms. The van der Waals surface area contributed by atoms with E-state index in [1.165, 1.54) is 58.0 Å². The lowest BCUT2D eigenvalue weighted by molar-refractivity contribution is 0.166. The first-order valence-electron chi connectivity index (χ1n) is 7.63. The normalized spacial score (nSPS) is 34.2. The van der Waals surface area contributed by atoms with Gasteiger partial charge in [-0.1, -0.05) is 19.8 Å². The van der Waals surface area contributed by atoms with Gasteiger partial charge in [-0.05, 0) is 56.9 Å². The van der Waals surface area contributed by atoms with Crippen LogP contribution in [0.3, 0.4) is 0 Å². The number of hydrogen-bond donors (Lipinski definition) is 1. The van der Waals surface area contributed by atoms with Crippen molar-refractivity contribution in [2.45, 2.75) is 57.9 Å². The van der Waals surface area contributed by atoms with E-state index in [1.54, 1.807) is 0 Å². The summed E-state index contributed by atoms with van der Waals surface area (Å²) in [6.07, 6.45) is 9.67. The summed E-state index contributed by atoms with van der Waals surface area (Å²) in [4.78, 5) is 2.54. The third-order valence-electron chi connectivity index (χ3n) is 4.66. The second-order valence-electron chi connectivity index (χ2n) is 6.56. The fraction of sp³-hybridized carbons (Fsp3) is 1.00. The van der Waals surface area contributed by atoms with Crippen LogP contribution in [-0.4, -0.2) is 31.1 Å². The Morgan fingerprint density at radius 1 is 1.06 bits per heavy atom. The zero-order valence-corrected chi connectivity index (χ0v) is 11.7. The van der Waals surface area contributed by atoms with Crippen molar-refractivity contribution in [2.75, 3.05) is 20.1 Å². The summed E-state index contributed by atoms with van der Waals surface area (Å²) in [5.41, 5.74) is 6.31. The Hall–Kier alpha value is -0.0800. The van der Waals surface area contributed by atoms with E-state index in [1.807, 2.05) is 0 Å². The highest BCUT2D eigenvalue weighted by Crippen LogP contribution is 2.33. The van der Waals surface area contributed by atoms with Crippen molar-refractivity contribution in [1.29, 1.82) is 0 Å². The summed E-state index contributed by atoms with van der Waals surface area (Å²) in [7, 11) is 2.29. The molecule has 0 saturated heterocycles. The molecule has 2 fully saturated rings. The van der Waals surface area contributed by atoms with Crippen LogP contribution >= 0.6 is 0 Å². The minimum Gasteiger partial charge on any atom is -0.327 e. The molecule has 0 aliphatic heterocycles. The monoisotopic (exact) mass is 238 g/mol. The van der Waals surface area contributed by atoms with E-state index in [4.69, 9.17) is 5.73 Å². The molecule has 2 nitrogen and oxygen atoms in total. The lowest BCUT2D eigenvalue weighted by atomic mass is 9.76. The van der Waals surface area contributed by atoms with Crippen molar-refractivity contribution in [3.05, 3.63) is 0 Å². The molecule has 2 aliphatic carbocycles. The average molecular weight is 238 g/mol. The third-order valence-corrected chi connectivity index (χ3v) is 4.66. The second kappa shape index (κ2) is 6.19. The molecule has 0 aromatic heterocycles. The summed E-state index contributed by atoms with van der Waals surface area (Å²) in [6.45, 7) is 4.85. The first-order chi connectivity index (χ1) is 8.19. The molecular weight excluding hydrogens is 208 g/mol. The van der Waals surface area contributed by atoms with Gasteiger partial charge in [-0.25, -0.2) is 0 Å². The Labute approximate surface area is 107 Å². The molecule has 0 radical (unpaired) electrons. The molecule has 0 bridgehead atoms. The maximum atomic E-state index is 6.31. The summed E-state index contributed by atoms with van der Waals surface area (Å²) >= 11 is 0. The summed E-state index contributed by atoms with van der Waals surface area (Å²) in [5, 5.41) is 0. The van der Waals surface area contributed by atoms with E-state index in [0.29, 0.717) is 6.04 Å². The molecule has 0 spiro atoms. The van der Waals surface area contributed by atoms with Crippen molar-refractivity contribution < 1.29 is 0 Å². The summed E-state index contributed by atoms with van der Waals surface area (Å²) in [6, 6.07) is 0.463. The molecule has 0 heterocycles. The van der Waals surface area contributed by atoms with E-state index in [0.717, 1.165) is 17.8 Å². The van der Waals surface area contributed by atoms with Gasteiger partial charge in [-0.3, -0.25) is 0 Å². The highest BCUT2D eigenvalue weighted by atomic mass is 15.1. The summed E-state index contributed by atoms with van der Waals surface area (Å²) in [5.74, 6) is 2.72. The van der Waals surface area contributed by atoms with Crippen LogP contribution in [-0.2, 0) is 0 Å². The van der Waals surface area contributed by atoms with Crippen LogP contribution in [0, 0.1) is 17.8 Å². The lowest BCUT2D eigenvalue weighted by Gasteiger charge is -2.36.